The summed E-state index contributed by atoms with van der Waals surface area (Å²) in [6.45, 7) is 0. The van der Waals surface area contributed by atoms with Gasteiger partial charge in [0.1, 0.15) is 21.4 Å². The highest BCUT2D eigenvalue weighted by molar-refractivity contribution is 7.40. The molecule has 0 fully saturated rings. The van der Waals surface area contributed by atoms with Crippen LogP contribution in [0.2, 0.25) is 10.0 Å². The predicted octanol–water partition coefficient (Wildman–Crippen LogP) is 8.27. The van der Waals surface area contributed by atoms with E-state index in [0.717, 1.165) is 9.40 Å². The van der Waals surface area contributed by atoms with E-state index in [1.165, 1.54) is 82.5 Å². The molecule has 3 aromatic heterocycles. The van der Waals surface area contributed by atoms with Crippen LogP contribution in [0.1, 0.15) is 19.3 Å². The summed E-state index contributed by atoms with van der Waals surface area (Å²) in [6, 6.07) is 10.8. The van der Waals surface area contributed by atoms with Gasteiger partial charge in [-0.25, -0.2) is 8.78 Å². The molecule has 4 nitrogen and oxygen atoms in total. The molecular weight excluding hydrogens is 529 g/mol. The molecule has 0 unspecified atom stereocenters. The van der Waals surface area contributed by atoms with Crippen LogP contribution in [0.5, 0.6) is 0 Å². The molecule has 5 aromatic rings. The van der Waals surface area contributed by atoms with Gasteiger partial charge in [0.25, 0.3) is 11.8 Å². The summed E-state index contributed by atoms with van der Waals surface area (Å²) in [7, 11) is 0. The number of rotatable bonds is 4. The first-order chi connectivity index (χ1) is 15.8. The van der Waals surface area contributed by atoms with E-state index >= 15 is 0 Å². The molecule has 11 heteroatoms. The van der Waals surface area contributed by atoms with Crippen LogP contribution < -0.4 is 10.6 Å². The van der Waals surface area contributed by atoms with Gasteiger partial charge >= 0.3 is 0 Å². The molecule has 33 heavy (non-hydrogen) atoms. The second-order valence-corrected chi connectivity index (χ2v) is 10.6. The minimum absolute atomic E-state index is 0.302. The maximum Gasteiger partial charge on any atom is 0.267 e. The van der Waals surface area contributed by atoms with E-state index in [-0.39, 0.29) is 0 Å². The van der Waals surface area contributed by atoms with Gasteiger partial charge in [-0.1, -0.05) is 23.2 Å². The number of thiophene rings is 3. The van der Waals surface area contributed by atoms with Crippen LogP contribution >= 0.6 is 57.2 Å². The Bertz CT molecular complexity index is 1430. The molecule has 0 atom stereocenters. The van der Waals surface area contributed by atoms with Crippen molar-refractivity contribution in [3.8, 4) is 0 Å². The van der Waals surface area contributed by atoms with E-state index in [9.17, 15) is 18.4 Å². The van der Waals surface area contributed by atoms with E-state index in [2.05, 4.69) is 10.6 Å². The number of carbonyl (C=O) groups is 2. The molecule has 0 bridgehead atoms. The zero-order chi connectivity index (χ0) is 23.3. The van der Waals surface area contributed by atoms with Gasteiger partial charge in [0.15, 0.2) is 0 Å². The van der Waals surface area contributed by atoms with Crippen molar-refractivity contribution in [3.05, 3.63) is 80.0 Å². The summed E-state index contributed by atoms with van der Waals surface area (Å²) in [5.74, 6) is -1.63. The van der Waals surface area contributed by atoms with Crippen molar-refractivity contribution in [2.75, 3.05) is 10.6 Å². The summed E-state index contributed by atoms with van der Waals surface area (Å²) >= 11 is 16.7. The van der Waals surface area contributed by atoms with Crippen LogP contribution in [0.25, 0.3) is 18.8 Å². The zero-order valence-electron chi connectivity index (χ0n) is 16.2. The maximum atomic E-state index is 13.1. The lowest BCUT2D eigenvalue weighted by molar-refractivity contribution is 0.102. The normalized spacial score (nSPS) is 11.3. The fourth-order valence-corrected chi connectivity index (χ4v) is 7.89. The average Bonchev–Trinajstić information content (AvgIpc) is 3.42. The van der Waals surface area contributed by atoms with Crippen molar-refractivity contribution in [1.29, 1.82) is 0 Å². The smallest absolute Gasteiger partial charge is 0.267 e. The summed E-state index contributed by atoms with van der Waals surface area (Å²) in [5.41, 5.74) is 0.886. The molecular formula is C22H10Cl2F2N2O2S3. The quantitative estimate of drug-likeness (QED) is 0.242. The molecule has 0 saturated carbocycles. The van der Waals surface area contributed by atoms with Crippen molar-refractivity contribution < 1.29 is 18.4 Å². The molecule has 2 aromatic carbocycles. The molecule has 5 rings (SSSR count). The van der Waals surface area contributed by atoms with E-state index in [4.69, 9.17) is 23.2 Å². The van der Waals surface area contributed by atoms with Gasteiger partial charge < -0.3 is 10.6 Å². The summed E-state index contributed by atoms with van der Waals surface area (Å²) in [6.07, 6.45) is 0. The van der Waals surface area contributed by atoms with E-state index in [1.54, 1.807) is 0 Å². The summed E-state index contributed by atoms with van der Waals surface area (Å²) in [5, 5.41) is 6.01. The molecule has 0 saturated heterocycles. The minimum atomic E-state index is -0.412. The Balaban J connectivity index is 1.47. The third-order valence-electron chi connectivity index (χ3n) is 4.65. The first-order valence-electron chi connectivity index (χ1n) is 9.28. The Labute approximate surface area is 207 Å². The van der Waals surface area contributed by atoms with Gasteiger partial charge in [-0.05, 0) is 48.5 Å². The molecule has 166 valence electrons. The Kier molecular flexibility index (Phi) is 5.84. The first-order valence-corrected chi connectivity index (χ1v) is 12.5. The fourth-order valence-electron chi connectivity index (χ4n) is 3.11. The van der Waals surface area contributed by atoms with Crippen LogP contribution in [-0.2, 0) is 0 Å². The molecule has 0 aliphatic rings. The average molecular weight is 539 g/mol. The summed E-state index contributed by atoms with van der Waals surface area (Å²) < 4.78 is 29.1. The van der Waals surface area contributed by atoms with Crippen molar-refractivity contribution in [1.82, 2.24) is 0 Å². The highest BCUT2D eigenvalue weighted by atomic mass is 35.5. The first kappa shape index (κ1) is 22.2. The third-order valence-corrected chi connectivity index (χ3v) is 9.87. The standard InChI is InChI=1S/C22H10Cl2F2N2O2S3/c23-13-15-19(32-17(13)21(29)27-11-5-1-9(25)2-6-11)20-16(31-15)14(24)18(33-20)22(30)28-12-7-3-10(26)4-8-12/h1-8H,(H,27,29)(H,28,30). The lowest BCUT2D eigenvalue weighted by atomic mass is 10.3. The Morgan fingerprint density at radius 1 is 0.606 bits per heavy atom. The molecule has 2 amide bonds. The number of halogens is 4. The van der Waals surface area contributed by atoms with Gasteiger partial charge in [-0.2, -0.15) is 0 Å². The number of amides is 2. The van der Waals surface area contributed by atoms with E-state index in [1.807, 2.05) is 0 Å². The van der Waals surface area contributed by atoms with Crippen LogP contribution in [0.4, 0.5) is 20.2 Å². The lowest BCUT2D eigenvalue weighted by Gasteiger charge is -2.03. The van der Waals surface area contributed by atoms with Crippen LogP contribution in [0.3, 0.4) is 0 Å². The van der Waals surface area contributed by atoms with Crippen molar-refractivity contribution >= 4 is 99.2 Å². The molecule has 0 spiro atoms. The summed E-state index contributed by atoms with van der Waals surface area (Å²) in [4.78, 5) is 26.1. The number of fused-ring (bicyclic) bond motifs is 3. The monoisotopic (exact) mass is 538 g/mol. The second kappa shape index (κ2) is 8.66. The molecule has 3 heterocycles. The number of hydrogen-bond donors (Lipinski definition) is 2. The number of benzene rings is 2. The number of nitrogens with one attached hydrogen (secondary N) is 2. The van der Waals surface area contributed by atoms with Gasteiger partial charge in [0.2, 0.25) is 0 Å². The lowest BCUT2D eigenvalue weighted by Crippen LogP contribution is -2.10. The van der Waals surface area contributed by atoms with Gasteiger partial charge in [-0.3, -0.25) is 9.59 Å². The van der Waals surface area contributed by atoms with Crippen LogP contribution in [0, 0.1) is 11.6 Å². The molecule has 0 aliphatic heterocycles. The fraction of sp³-hybridized carbons (Fsp3) is 0. The largest absolute Gasteiger partial charge is 0.321 e. The van der Waals surface area contributed by atoms with Crippen molar-refractivity contribution in [2.45, 2.75) is 0 Å². The highest BCUT2D eigenvalue weighted by Gasteiger charge is 2.26. The topological polar surface area (TPSA) is 58.2 Å². The molecule has 2 N–H and O–H groups in total. The molecule has 0 aliphatic carbocycles. The highest BCUT2D eigenvalue weighted by Crippen LogP contribution is 2.51. The number of hydrogen-bond acceptors (Lipinski definition) is 5. The molecule has 0 radical (unpaired) electrons. The number of anilines is 2. The van der Waals surface area contributed by atoms with Crippen molar-refractivity contribution in [2.24, 2.45) is 0 Å². The van der Waals surface area contributed by atoms with Crippen LogP contribution in [0.15, 0.2) is 48.5 Å². The Morgan fingerprint density at radius 2 is 0.970 bits per heavy atom. The SMILES string of the molecule is O=C(Nc1ccc(F)cc1)c1sc2c(sc3c(Cl)c(C(=O)Nc4ccc(F)cc4)sc32)c1Cl. The Hall–Kier alpha value is -2.56. The van der Waals surface area contributed by atoms with Crippen LogP contribution in [-0.4, -0.2) is 11.8 Å². The van der Waals surface area contributed by atoms with E-state index in [0.29, 0.717) is 40.6 Å². The third kappa shape index (κ3) is 4.11. The van der Waals surface area contributed by atoms with E-state index < -0.39 is 23.4 Å². The predicted molar refractivity (Wildman–Crippen MR) is 134 cm³/mol. The van der Waals surface area contributed by atoms with Gasteiger partial charge in [-0.15, -0.1) is 34.0 Å². The van der Waals surface area contributed by atoms with Gasteiger partial charge in [0.05, 0.1) is 28.8 Å². The van der Waals surface area contributed by atoms with Crippen molar-refractivity contribution in [3.63, 3.8) is 0 Å². The second-order valence-electron chi connectivity index (χ2n) is 6.83. The Morgan fingerprint density at radius 3 is 1.33 bits per heavy atom. The van der Waals surface area contributed by atoms with Gasteiger partial charge in [0, 0.05) is 11.4 Å². The zero-order valence-corrected chi connectivity index (χ0v) is 20.1. The minimum Gasteiger partial charge on any atom is -0.321 e. The maximum absolute atomic E-state index is 13.1. The number of carbonyl (C=O) groups excluding carboxylic acids is 2.